The van der Waals surface area contributed by atoms with Gasteiger partial charge in [-0.2, -0.15) is 0 Å². The molecule has 1 heterocycles. The summed E-state index contributed by atoms with van der Waals surface area (Å²) in [7, 11) is 0. The van der Waals surface area contributed by atoms with E-state index in [2.05, 4.69) is 12.2 Å². The molecule has 0 spiro atoms. The quantitative estimate of drug-likeness (QED) is 0.414. The zero-order valence-electron chi connectivity index (χ0n) is 22.1. The molecule has 0 aliphatic carbocycles. The molecule has 0 bridgehead atoms. The van der Waals surface area contributed by atoms with Crippen molar-refractivity contribution in [3.05, 3.63) is 0 Å². The van der Waals surface area contributed by atoms with Crippen LogP contribution in [-0.2, 0) is 19.1 Å². The second kappa shape index (κ2) is 11.5. The summed E-state index contributed by atoms with van der Waals surface area (Å²) in [4.78, 5) is 39.1. The number of hydrogen-bond acceptors (Lipinski definition) is 5. The molecule has 1 rings (SSSR count). The molecule has 0 aromatic carbocycles. The van der Waals surface area contributed by atoms with E-state index in [1.54, 1.807) is 4.90 Å². The van der Waals surface area contributed by atoms with E-state index >= 15 is 0 Å². The summed E-state index contributed by atoms with van der Waals surface area (Å²) >= 11 is 0. The van der Waals surface area contributed by atoms with Gasteiger partial charge >= 0.3 is 12.1 Å². The number of rotatable bonds is 11. The second-order valence-electron chi connectivity index (χ2n) is 11.4. The van der Waals surface area contributed by atoms with Gasteiger partial charge in [0.2, 0.25) is 5.91 Å². The molecular formula is C25H46N2O6. The lowest BCUT2D eigenvalue weighted by molar-refractivity contribution is -0.139. The van der Waals surface area contributed by atoms with E-state index in [4.69, 9.17) is 9.47 Å². The fourth-order valence-electron chi connectivity index (χ4n) is 4.49. The molecule has 1 aliphatic heterocycles. The Morgan fingerprint density at radius 2 is 1.76 bits per heavy atom. The number of carboxylic acid groups (broad SMARTS) is 1. The maximum Gasteiger partial charge on any atom is 0.412 e. The van der Waals surface area contributed by atoms with Gasteiger partial charge < -0.3 is 19.9 Å². The van der Waals surface area contributed by atoms with Crippen molar-refractivity contribution >= 4 is 18.0 Å². The van der Waals surface area contributed by atoms with Gasteiger partial charge in [-0.15, -0.1) is 0 Å². The van der Waals surface area contributed by atoms with E-state index in [0.717, 1.165) is 12.8 Å². The zero-order chi connectivity index (χ0) is 25.6. The Bertz CT molecular complexity index is 683. The van der Waals surface area contributed by atoms with E-state index in [0.29, 0.717) is 25.8 Å². The third-order valence-corrected chi connectivity index (χ3v) is 5.97. The van der Waals surface area contributed by atoms with Crippen molar-refractivity contribution in [2.75, 3.05) is 6.54 Å². The van der Waals surface area contributed by atoms with Crippen LogP contribution in [0.15, 0.2) is 0 Å². The van der Waals surface area contributed by atoms with Gasteiger partial charge in [0.05, 0.1) is 18.6 Å². The van der Waals surface area contributed by atoms with E-state index < -0.39 is 40.9 Å². The molecule has 0 aromatic heterocycles. The summed E-state index contributed by atoms with van der Waals surface area (Å²) in [6.07, 6.45) is 2.50. The van der Waals surface area contributed by atoms with Crippen molar-refractivity contribution in [2.24, 2.45) is 11.3 Å². The molecule has 3 atom stereocenters. The van der Waals surface area contributed by atoms with Gasteiger partial charge in [0.15, 0.2) is 0 Å². The van der Waals surface area contributed by atoms with E-state index in [1.807, 2.05) is 55.4 Å². The number of amides is 2. The van der Waals surface area contributed by atoms with Crippen LogP contribution in [0.3, 0.4) is 0 Å². The van der Waals surface area contributed by atoms with Gasteiger partial charge in [0, 0.05) is 12.5 Å². The monoisotopic (exact) mass is 470 g/mol. The lowest BCUT2D eigenvalue weighted by Gasteiger charge is -2.38. The van der Waals surface area contributed by atoms with Crippen molar-refractivity contribution in [3.8, 4) is 0 Å². The lowest BCUT2D eigenvalue weighted by Crippen LogP contribution is -2.51. The number of carboxylic acids is 1. The first-order valence-electron chi connectivity index (χ1n) is 12.2. The summed E-state index contributed by atoms with van der Waals surface area (Å²) in [5, 5.41) is 12.4. The van der Waals surface area contributed by atoms with E-state index in [-0.39, 0.29) is 18.2 Å². The van der Waals surface area contributed by atoms with E-state index in [9.17, 15) is 19.5 Å². The minimum absolute atomic E-state index is 0.00776. The molecule has 1 fully saturated rings. The predicted octanol–water partition coefficient (Wildman–Crippen LogP) is 4.95. The van der Waals surface area contributed by atoms with Crippen molar-refractivity contribution in [1.82, 2.24) is 10.2 Å². The Balaban J connectivity index is 3.23. The van der Waals surface area contributed by atoms with Crippen LogP contribution in [0.1, 0.15) is 101 Å². The van der Waals surface area contributed by atoms with Gasteiger partial charge in [-0.25, -0.2) is 4.79 Å². The average molecular weight is 471 g/mol. The first-order chi connectivity index (χ1) is 15.0. The normalized spacial score (nSPS) is 21.5. The maximum absolute atomic E-state index is 13.2. The number of unbranched alkanes of at least 4 members (excludes halogenated alkanes) is 1. The number of nitrogens with zero attached hydrogens (tertiary/aromatic N) is 1. The largest absolute Gasteiger partial charge is 0.481 e. The number of nitrogens with one attached hydrogen (secondary N) is 1. The average Bonchev–Trinajstić information content (AvgIpc) is 2.85. The second-order valence-corrected chi connectivity index (χ2v) is 11.4. The molecule has 2 amide bonds. The fourth-order valence-corrected chi connectivity index (χ4v) is 4.49. The lowest BCUT2D eigenvalue weighted by atomic mass is 9.79. The Labute approximate surface area is 199 Å². The van der Waals surface area contributed by atoms with Crippen LogP contribution in [0.4, 0.5) is 4.79 Å². The van der Waals surface area contributed by atoms with Crippen LogP contribution in [0, 0.1) is 11.3 Å². The first-order valence-corrected chi connectivity index (χ1v) is 12.2. The Kier molecular flexibility index (Phi) is 10.2. The molecule has 8 heteroatoms. The molecule has 0 aromatic rings. The standard InChI is InChI=1S/C25H46N2O6/c1-10-12-13-26-21(30)17(11-2)14-19-18(15-24(6,7)16-20(28)29)27(25(8,9)32-19)22(31)33-23(3,4)5/h17-19H,10-16H2,1-9H3,(H,26,30)(H,28,29)/t17-,18+,19+/m1/s1. The van der Waals surface area contributed by atoms with Crippen LogP contribution < -0.4 is 5.32 Å². The summed E-state index contributed by atoms with van der Waals surface area (Å²) in [6.45, 7) is 17.5. The van der Waals surface area contributed by atoms with Crippen molar-refractivity contribution in [2.45, 2.75) is 124 Å². The van der Waals surface area contributed by atoms with Gasteiger partial charge in [-0.3, -0.25) is 14.5 Å². The predicted molar refractivity (Wildman–Crippen MR) is 128 cm³/mol. The Morgan fingerprint density at radius 3 is 2.24 bits per heavy atom. The maximum atomic E-state index is 13.2. The third-order valence-electron chi connectivity index (χ3n) is 5.97. The molecule has 1 saturated heterocycles. The summed E-state index contributed by atoms with van der Waals surface area (Å²) in [5.41, 5.74) is -2.21. The topological polar surface area (TPSA) is 105 Å². The SMILES string of the molecule is CCCCNC(=O)[C@H](CC)C[C@@H]1OC(C)(C)N(C(=O)OC(C)(C)C)[C@H]1CC(C)(C)CC(=O)O. The van der Waals surface area contributed by atoms with Crippen LogP contribution in [0.2, 0.25) is 0 Å². The number of hydrogen-bond donors (Lipinski definition) is 2. The Hall–Kier alpha value is -1.83. The van der Waals surface area contributed by atoms with Crippen LogP contribution in [-0.4, -0.2) is 58.0 Å². The summed E-state index contributed by atoms with van der Waals surface area (Å²) in [6, 6.07) is -0.415. The van der Waals surface area contributed by atoms with Crippen molar-refractivity contribution in [1.29, 1.82) is 0 Å². The van der Waals surface area contributed by atoms with Crippen molar-refractivity contribution in [3.63, 3.8) is 0 Å². The first kappa shape index (κ1) is 29.2. The van der Waals surface area contributed by atoms with E-state index in [1.165, 1.54) is 0 Å². The fraction of sp³-hybridized carbons (Fsp3) is 0.880. The Morgan fingerprint density at radius 1 is 1.15 bits per heavy atom. The van der Waals surface area contributed by atoms with Gasteiger partial charge in [-0.05, 0) is 65.7 Å². The van der Waals surface area contributed by atoms with Gasteiger partial charge in [0.1, 0.15) is 11.3 Å². The summed E-state index contributed by atoms with van der Waals surface area (Å²) < 4.78 is 12.1. The number of carbonyl (C=O) groups is 3. The molecule has 8 nitrogen and oxygen atoms in total. The highest BCUT2D eigenvalue weighted by Crippen LogP contribution is 2.42. The van der Waals surface area contributed by atoms with Crippen LogP contribution >= 0.6 is 0 Å². The highest BCUT2D eigenvalue weighted by Gasteiger charge is 2.53. The molecule has 0 radical (unpaired) electrons. The molecule has 1 aliphatic rings. The molecule has 2 N–H and O–H groups in total. The molecule has 0 saturated carbocycles. The third kappa shape index (κ3) is 9.14. The van der Waals surface area contributed by atoms with Gasteiger partial charge in [-0.1, -0.05) is 34.1 Å². The highest BCUT2D eigenvalue weighted by molar-refractivity contribution is 5.78. The van der Waals surface area contributed by atoms with Crippen LogP contribution in [0.25, 0.3) is 0 Å². The summed E-state index contributed by atoms with van der Waals surface area (Å²) in [5.74, 6) is -1.15. The molecule has 33 heavy (non-hydrogen) atoms. The number of ether oxygens (including phenoxy) is 2. The molecule has 192 valence electrons. The smallest absolute Gasteiger partial charge is 0.412 e. The number of carbonyl (C=O) groups excluding carboxylic acids is 2. The van der Waals surface area contributed by atoms with Gasteiger partial charge in [0.25, 0.3) is 0 Å². The highest BCUT2D eigenvalue weighted by atomic mass is 16.6. The minimum Gasteiger partial charge on any atom is -0.481 e. The molecular weight excluding hydrogens is 424 g/mol. The van der Waals surface area contributed by atoms with Crippen molar-refractivity contribution < 1.29 is 29.0 Å². The van der Waals surface area contributed by atoms with Crippen LogP contribution in [0.5, 0.6) is 0 Å². The minimum atomic E-state index is -0.950. The number of aliphatic carboxylic acids is 1. The molecule has 0 unspecified atom stereocenters. The zero-order valence-corrected chi connectivity index (χ0v) is 22.1.